The van der Waals surface area contributed by atoms with Crippen molar-refractivity contribution in [1.29, 1.82) is 0 Å². The molecule has 1 saturated heterocycles. The zero-order valence-corrected chi connectivity index (χ0v) is 11.1. The fourth-order valence-corrected chi connectivity index (χ4v) is 3.42. The van der Waals surface area contributed by atoms with Gasteiger partial charge in [-0.05, 0) is 13.3 Å². The summed E-state index contributed by atoms with van der Waals surface area (Å²) in [6.45, 7) is 2.67. The number of aliphatic hydroxyl groups excluding tert-OH is 1. The number of hydrogen-bond donors (Lipinski definition) is 1. The van der Waals surface area contributed by atoms with Crippen LogP contribution in [0.25, 0.3) is 0 Å². The first-order valence-corrected chi connectivity index (χ1v) is 7.33. The minimum absolute atomic E-state index is 0.0751. The second kappa shape index (κ2) is 6.65. The highest BCUT2D eigenvalue weighted by atomic mass is 32.2. The lowest BCUT2D eigenvalue weighted by Crippen LogP contribution is -2.50. The van der Waals surface area contributed by atoms with Gasteiger partial charge in [-0.25, -0.2) is 8.42 Å². The normalized spacial score (nSPS) is 27.2. The average molecular weight is 267 g/mol. The average Bonchev–Trinajstić information content (AvgIpc) is 2.28. The van der Waals surface area contributed by atoms with Gasteiger partial charge in [0.1, 0.15) is 0 Å². The Morgan fingerprint density at radius 1 is 1.47 bits per heavy atom. The first-order valence-electron chi connectivity index (χ1n) is 5.72. The highest BCUT2D eigenvalue weighted by molar-refractivity contribution is 7.89. The molecule has 1 fully saturated rings. The third kappa shape index (κ3) is 4.51. The van der Waals surface area contributed by atoms with Crippen LogP contribution >= 0.6 is 0 Å². The van der Waals surface area contributed by atoms with Crippen LogP contribution in [0.1, 0.15) is 13.3 Å². The first-order chi connectivity index (χ1) is 7.99. The van der Waals surface area contributed by atoms with E-state index in [0.717, 1.165) is 0 Å². The minimum Gasteiger partial charge on any atom is -0.394 e. The topological polar surface area (TPSA) is 76.1 Å². The molecule has 0 bridgehead atoms. The van der Waals surface area contributed by atoms with Crippen LogP contribution in [0.5, 0.6) is 0 Å². The SMILES string of the molecule is COCCCS(=O)(=O)N1CC(C)OC(CO)C1. The Labute approximate surface area is 103 Å². The Hall–Kier alpha value is -0.210. The lowest BCUT2D eigenvalue weighted by atomic mass is 10.2. The van der Waals surface area contributed by atoms with E-state index in [1.165, 1.54) is 4.31 Å². The Morgan fingerprint density at radius 3 is 2.76 bits per heavy atom. The van der Waals surface area contributed by atoms with Crippen LogP contribution in [0.3, 0.4) is 0 Å². The molecule has 0 saturated carbocycles. The van der Waals surface area contributed by atoms with Crippen LogP contribution < -0.4 is 0 Å². The molecule has 7 heteroatoms. The predicted molar refractivity (Wildman–Crippen MR) is 63.3 cm³/mol. The van der Waals surface area contributed by atoms with E-state index in [4.69, 9.17) is 14.6 Å². The summed E-state index contributed by atoms with van der Waals surface area (Å²) in [7, 11) is -1.72. The highest BCUT2D eigenvalue weighted by Gasteiger charge is 2.31. The molecule has 2 unspecified atom stereocenters. The van der Waals surface area contributed by atoms with Crippen molar-refractivity contribution < 1.29 is 23.0 Å². The number of sulfonamides is 1. The number of ether oxygens (including phenoxy) is 2. The highest BCUT2D eigenvalue weighted by Crippen LogP contribution is 2.15. The Balaban J connectivity index is 2.57. The van der Waals surface area contributed by atoms with E-state index in [-0.39, 0.29) is 25.0 Å². The number of hydrogen-bond acceptors (Lipinski definition) is 5. The Bertz CT molecular complexity index is 319. The molecule has 0 aromatic rings. The zero-order valence-electron chi connectivity index (χ0n) is 10.3. The van der Waals surface area contributed by atoms with E-state index in [1.807, 2.05) is 0 Å². The van der Waals surface area contributed by atoms with Gasteiger partial charge < -0.3 is 14.6 Å². The minimum atomic E-state index is -3.27. The Morgan fingerprint density at radius 2 is 2.18 bits per heavy atom. The second-order valence-electron chi connectivity index (χ2n) is 4.23. The molecule has 2 atom stereocenters. The van der Waals surface area contributed by atoms with Gasteiger partial charge >= 0.3 is 0 Å². The van der Waals surface area contributed by atoms with Crippen molar-refractivity contribution in [3.05, 3.63) is 0 Å². The third-order valence-corrected chi connectivity index (χ3v) is 4.53. The van der Waals surface area contributed by atoms with E-state index in [9.17, 15) is 8.42 Å². The summed E-state index contributed by atoms with van der Waals surface area (Å²) in [6, 6.07) is 0. The van der Waals surface area contributed by atoms with Gasteiger partial charge in [0.2, 0.25) is 10.0 Å². The molecule has 6 nitrogen and oxygen atoms in total. The number of morpholine rings is 1. The van der Waals surface area contributed by atoms with E-state index < -0.39 is 16.1 Å². The van der Waals surface area contributed by atoms with Crippen molar-refractivity contribution in [1.82, 2.24) is 4.31 Å². The van der Waals surface area contributed by atoms with Crippen LogP contribution in [0.2, 0.25) is 0 Å². The van der Waals surface area contributed by atoms with Gasteiger partial charge in [-0.1, -0.05) is 0 Å². The summed E-state index contributed by atoms with van der Waals surface area (Å²) < 4.78 is 35.6. The maximum atomic E-state index is 12.0. The maximum absolute atomic E-state index is 12.0. The number of aliphatic hydroxyl groups is 1. The molecular formula is C10H21NO5S. The van der Waals surface area contributed by atoms with E-state index in [0.29, 0.717) is 19.6 Å². The van der Waals surface area contributed by atoms with Gasteiger partial charge in [0.15, 0.2) is 0 Å². The summed E-state index contributed by atoms with van der Waals surface area (Å²) in [5.41, 5.74) is 0. The quantitative estimate of drug-likeness (QED) is 0.653. The summed E-state index contributed by atoms with van der Waals surface area (Å²) in [5.74, 6) is 0.0751. The Kier molecular flexibility index (Phi) is 5.81. The molecule has 17 heavy (non-hydrogen) atoms. The van der Waals surface area contributed by atoms with Crippen LogP contribution in [0.4, 0.5) is 0 Å². The van der Waals surface area contributed by atoms with E-state index in [1.54, 1.807) is 14.0 Å². The molecule has 1 heterocycles. The van der Waals surface area contributed by atoms with Crippen LogP contribution in [-0.2, 0) is 19.5 Å². The fourth-order valence-electron chi connectivity index (χ4n) is 1.85. The molecular weight excluding hydrogens is 246 g/mol. The van der Waals surface area contributed by atoms with Crippen molar-refractivity contribution in [2.75, 3.05) is 39.2 Å². The molecule has 1 N–H and O–H groups in total. The number of nitrogens with zero attached hydrogens (tertiary/aromatic N) is 1. The smallest absolute Gasteiger partial charge is 0.214 e. The third-order valence-electron chi connectivity index (χ3n) is 2.64. The van der Waals surface area contributed by atoms with Crippen LogP contribution in [-0.4, -0.2) is 69.2 Å². The van der Waals surface area contributed by atoms with E-state index >= 15 is 0 Å². The fraction of sp³-hybridized carbons (Fsp3) is 1.00. The van der Waals surface area contributed by atoms with Crippen LogP contribution in [0, 0.1) is 0 Å². The molecule has 0 aliphatic carbocycles. The van der Waals surface area contributed by atoms with Crippen molar-refractivity contribution in [3.63, 3.8) is 0 Å². The van der Waals surface area contributed by atoms with Gasteiger partial charge in [-0.15, -0.1) is 0 Å². The monoisotopic (exact) mass is 267 g/mol. The van der Waals surface area contributed by atoms with Gasteiger partial charge in [0, 0.05) is 26.8 Å². The summed E-state index contributed by atoms with van der Waals surface area (Å²) in [5, 5.41) is 9.04. The molecule has 0 aromatic heterocycles. The molecule has 0 radical (unpaired) electrons. The van der Waals surface area contributed by atoms with Crippen molar-refractivity contribution in [2.24, 2.45) is 0 Å². The molecule has 0 spiro atoms. The molecule has 102 valence electrons. The van der Waals surface area contributed by atoms with Crippen LogP contribution in [0.15, 0.2) is 0 Å². The number of methoxy groups -OCH3 is 1. The lowest BCUT2D eigenvalue weighted by Gasteiger charge is -2.35. The molecule has 0 amide bonds. The largest absolute Gasteiger partial charge is 0.394 e. The predicted octanol–water partition coefficient (Wildman–Crippen LogP) is -0.566. The molecule has 0 aromatic carbocycles. The van der Waals surface area contributed by atoms with Gasteiger partial charge in [0.05, 0.1) is 24.6 Å². The summed E-state index contributed by atoms with van der Waals surface area (Å²) >= 11 is 0. The standard InChI is InChI=1S/C10H21NO5S/c1-9-6-11(7-10(8-12)16-9)17(13,14)5-3-4-15-2/h9-10,12H,3-8H2,1-2H3. The molecule has 1 aliphatic rings. The molecule has 1 aliphatic heterocycles. The summed E-state index contributed by atoms with van der Waals surface area (Å²) in [4.78, 5) is 0. The van der Waals surface area contributed by atoms with Gasteiger partial charge in [0.25, 0.3) is 0 Å². The lowest BCUT2D eigenvalue weighted by molar-refractivity contribution is -0.0750. The van der Waals surface area contributed by atoms with Crippen molar-refractivity contribution >= 4 is 10.0 Å². The first kappa shape index (κ1) is 14.8. The van der Waals surface area contributed by atoms with Gasteiger partial charge in [-0.3, -0.25) is 0 Å². The van der Waals surface area contributed by atoms with E-state index in [2.05, 4.69) is 0 Å². The molecule has 1 rings (SSSR count). The van der Waals surface area contributed by atoms with Gasteiger partial charge in [-0.2, -0.15) is 4.31 Å². The maximum Gasteiger partial charge on any atom is 0.214 e. The van der Waals surface area contributed by atoms with Crippen molar-refractivity contribution in [2.45, 2.75) is 25.6 Å². The summed E-state index contributed by atoms with van der Waals surface area (Å²) in [6.07, 6.45) is -0.122. The van der Waals surface area contributed by atoms with Crippen molar-refractivity contribution in [3.8, 4) is 0 Å². The zero-order chi connectivity index (χ0) is 12.9. The second-order valence-corrected chi connectivity index (χ2v) is 6.32. The number of rotatable bonds is 6.